The molecule has 0 aliphatic carbocycles. The van der Waals surface area contributed by atoms with E-state index in [0.29, 0.717) is 5.92 Å². The van der Waals surface area contributed by atoms with Crippen molar-refractivity contribution in [2.24, 2.45) is 5.92 Å². The lowest BCUT2D eigenvalue weighted by molar-refractivity contribution is -0.108. The fourth-order valence-electron chi connectivity index (χ4n) is 0.651. The monoisotopic (exact) mass is 146 g/mol. The molecular weight excluding hydrogens is 132 g/mol. The van der Waals surface area contributed by atoms with Crippen LogP contribution in [0, 0.1) is 5.92 Å². The third-order valence-electron chi connectivity index (χ3n) is 1.30. The van der Waals surface area contributed by atoms with Gasteiger partial charge in [0.1, 0.15) is 6.29 Å². The first-order valence-corrected chi connectivity index (χ1v) is 3.30. The number of carbonyl (C=O) groups excluding carboxylic acids is 1. The number of hydrogen-bond donors (Lipinski definition) is 3. The second-order valence-electron chi connectivity index (χ2n) is 2.15. The Morgan fingerprint density at radius 1 is 1.80 bits per heavy atom. The van der Waals surface area contributed by atoms with E-state index in [1.807, 2.05) is 0 Å². The van der Waals surface area contributed by atoms with Gasteiger partial charge in [-0.3, -0.25) is 0 Å². The van der Waals surface area contributed by atoms with Gasteiger partial charge in [0.15, 0.2) is 0 Å². The number of hydroxylamine groups is 1. The Hall–Kier alpha value is -0.450. The minimum atomic E-state index is 0.650. The molecule has 1 aliphatic heterocycles. The van der Waals surface area contributed by atoms with Crippen molar-refractivity contribution in [1.29, 1.82) is 0 Å². The van der Waals surface area contributed by atoms with Crippen LogP contribution in [-0.4, -0.2) is 31.6 Å². The maximum absolute atomic E-state index is 9.78. The predicted octanol–water partition coefficient (Wildman–Crippen LogP) is -0.610. The van der Waals surface area contributed by atoms with Gasteiger partial charge in [-0.2, -0.15) is 0 Å². The molecule has 0 spiro atoms. The summed E-state index contributed by atoms with van der Waals surface area (Å²) in [5.74, 6) is 0.650. The van der Waals surface area contributed by atoms with Crippen LogP contribution in [0.4, 0.5) is 0 Å². The van der Waals surface area contributed by atoms with Gasteiger partial charge < -0.3 is 15.3 Å². The number of carbonyl (C=O) groups is 1. The van der Waals surface area contributed by atoms with E-state index >= 15 is 0 Å². The molecule has 0 aromatic rings. The largest absolute Gasteiger partial charge is 0.317 e. The summed E-state index contributed by atoms with van der Waals surface area (Å²) in [6.45, 7) is 2.08. The summed E-state index contributed by atoms with van der Waals surface area (Å²) in [6.07, 6.45) is 1.73. The SMILES string of the molecule is CNO.O=CCC1CNC1. The Labute approximate surface area is 60.6 Å². The third-order valence-corrected chi connectivity index (χ3v) is 1.30. The summed E-state index contributed by atoms with van der Waals surface area (Å²) in [7, 11) is 1.43. The van der Waals surface area contributed by atoms with Crippen LogP contribution < -0.4 is 10.8 Å². The molecule has 1 saturated heterocycles. The Morgan fingerprint density at radius 3 is 2.40 bits per heavy atom. The second kappa shape index (κ2) is 6.67. The Balaban J connectivity index is 0.000000236. The standard InChI is InChI=1S/C5H9NO.CH5NO/c7-2-1-5-3-6-4-5;1-2-3/h2,5-6H,1,3-4H2;2-3H,1H3. The fraction of sp³-hybridized carbons (Fsp3) is 0.833. The van der Waals surface area contributed by atoms with Crippen molar-refractivity contribution in [2.75, 3.05) is 20.1 Å². The zero-order valence-corrected chi connectivity index (χ0v) is 6.13. The molecule has 1 rings (SSSR count). The predicted molar refractivity (Wildman–Crippen MR) is 37.9 cm³/mol. The van der Waals surface area contributed by atoms with E-state index in [-0.39, 0.29) is 0 Å². The Morgan fingerprint density at radius 2 is 2.30 bits per heavy atom. The van der Waals surface area contributed by atoms with E-state index in [4.69, 9.17) is 5.21 Å². The van der Waals surface area contributed by atoms with E-state index in [1.54, 1.807) is 5.48 Å². The number of rotatable bonds is 2. The highest BCUT2D eigenvalue weighted by Gasteiger charge is 2.14. The lowest BCUT2D eigenvalue weighted by Crippen LogP contribution is -2.41. The molecule has 0 unspecified atom stereocenters. The first-order chi connectivity index (χ1) is 4.85. The van der Waals surface area contributed by atoms with Gasteiger partial charge in [-0.05, 0) is 19.0 Å². The van der Waals surface area contributed by atoms with Gasteiger partial charge in [0, 0.05) is 13.5 Å². The van der Waals surface area contributed by atoms with Crippen LogP contribution in [0.15, 0.2) is 0 Å². The molecule has 1 fully saturated rings. The molecule has 0 aromatic heterocycles. The molecule has 4 heteroatoms. The van der Waals surface area contributed by atoms with Crippen LogP contribution >= 0.6 is 0 Å². The van der Waals surface area contributed by atoms with Gasteiger partial charge in [0.2, 0.25) is 0 Å². The average molecular weight is 146 g/mol. The van der Waals surface area contributed by atoms with Crippen LogP contribution in [0.2, 0.25) is 0 Å². The topological polar surface area (TPSA) is 61.4 Å². The molecule has 4 nitrogen and oxygen atoms in total. The summed E-state index contributed by atoms with van der Waals surface area (Å²) in [4.78, 5) is 9.78. The van der Waals surface area contributed by atoms with Gasteiger partial charge in [-0.15, -0.1) is 0 Å². The molecule has 0 saturated carbocycles. The van der Waals surface area contributed by atoms with E-state index in [9.17, 15) is 4.79 Å². The first-order valence-electron chi connectivity index (χ1n) is 3.30. The Kier molecular flexibility index (Phi) is 6.37. The van der Waals surface area contributed by atoms with E-state index in [2.05, 4.69) is 5.32 Å². The van der Waals surface area contributed by atoms with E-state index in [0.717, 1.165) is 25.8 Å². The van der Waals surface area contributed by atoms with Crippen molar-refractivity contribution in [1.82, 2.24) is 10.8 Å². The summed E-state index contributed by atoms with van der Waals surface area (Å²) in [5, 5.41) is 10.4. The third kappa shape index (κ3) is 4.43. The molecule has 60 valence electrons. The first kappa shape index (κ1) is 9.55. The fourth-order valence-corrected chi connectivity index (χ4v) is 0.651. The van der Waals surface area contributed by atoms with Gasteiger partial charge in [-0.1, -0.05) is 0 Å². The second-order valence-corrected chi connectivity index (χ2v) is 2.15. The van der Waals surface area contributed by atoms with Crippen molar-refractivity contribution < 1.29 is 10.0 Å². The summed E-state index contributed by atoms with van der Waals surface area (Å²) in [6, 6.07) is 0. The van der Waals surface area contributed by atoms with Gasteiger partial charge in [0.05, 0.1) is 0 Å². The molecule has 0 bridgehead atoms. The van der Waals surface area contributed by atoms with Crippen molar-refractivity contribution >= 4 is 6.29 Å². The highest BCUT2D eigenvalue weighted by molar-refractivity contribution is 5.50. The van der Waals surface area contributed by atoms with E-state index < -0.39 is 0 Å². The van der Waals surface area contributed by atoms with Crippen molar-refractivity contribution in [3.63, 3.8) is 0 Å². The van der Waals surface area contributed by atoms with Gasteiger partial charge in [-0.25, -0.2) is 5.48 Å². The zero-order chi connectivity index (χ0) is 7.82. The van der Waals surface area contributed by atoms with Gasteiger partial charge in [0.25, 0.3) is 0 Å². The molecule has 1 heterocycles. The minimum Gasteiger partial charge on any atom is -0.317 e. The highest BCUT2D eigenvalue weighted by Crippen LogP contribution is 2.04. The zero-order valence-electron chi connectivity index (χ0n) is 6.13. The van der Waals surface area contributed by atoms with Gasteiger partial charge >= 0.3 is 0 Å². The normalized spacial score (nSPS) is 16.6. The number of hydrogen-bond acceptors (Lipinski definition) is 4. The minimum absolute atomic E-state index is 0.650. The van der Waals surface area contributed by atoms with Crippen LogP contribution in [0.1, 0.15) is 6.42 Å². The lowest BCUT2D eigenvalue weighted by Gasteiger charge is -2.24. The number of nitrogens with one attached hydrogen (secondary N) is 2. The molecule has 1 aliphatic rings. The molecule has 3 N–H and O–H groups in total. The molecule has 0 radical (unpaired) electrons. The Bertz CT molecular complexity index is 83.8. The molecule has 0 amide bonds. The lowest BCUT2D eigenvalue weighted by atomic mass is 10.0. The maximum atomic E-state index is 9.78. The van der Waals surface area contributed by atoms with E-state index in [1.165, 1.54) is 7.05 Å². The molecule has 0 atom stereocenters. The molecule has 10 heavy (non-hydrogen) atoms. The van der Waals surface area contributed by atoms with Crippen molar-refractivity contribution in [3.05, 3.63) is 0 Å². The maximum Gasteiger partial charge on any atom is 0.120 e. The van der Waals surface area contributed by atoms with Crippen LogP contribution in [0.3, 0.4) is 0 Å². The quantitative estimate of drug-likeness (QED) is 0.359. The van der Waals surface area contributed by atoms with Crippen LogP contribution in [-0.2, 0) is 4.79 Å². The molecular formula is C6H14N2O2. The van der Waals surface area contributed by atoms with Crippen molar-refractivity contribution in [3.8, 4) is 0 Å². The summed E-state index contributed by atoms with van der Waals surface area (Å²) >= 11 is 0. The molecule has 0 aromatic carbocycles. The highest BCUT2D eigenvalue weighted by atomic mass is 16.5. The van der Waals surface area contributed by atoms with Crippen LogP contribution in [0.5, 0.6) is 0 Å². The smallest absolute Gasteiger partial charge is 0.120 e. The van der Waals surface area contributed by atoms with Crippen molar-refractivity contribution in [2.45, 2.75) is 6.42 Å². The van der Waals surface area contributed by atoms with Crippen LogP contribution in [0.25, 0.3) is 0 Å². The summed E-state index contributed by atoms with van der Waals surface area (Å²) in [5.41, 5.74) is 1.75. The average Bonchev–Trinajstić information content (AvgIpc) is 1.81. The summed E-state index contributed by atoms with van der Waals surface area (Å²) < 4.78 is 0. The number of aldehydes is 1.